The van der Waals surface area contributed by atoms with Gasteiger partial charge in [-0.25, -0.2) is 0 Å². The van der Waals surface area contributed by atoms with E-state index in [1.807, 2.05) is 24.3 Å². The van der Waals surface area contributed by atoms with E-state index in [1.54, 1.807) is 18.0 Å². The van der Waals surface area contributed by atoms with Crippen molar-refractivity contribution in [2.45, 2.75) is 25.3 Å². The van der Waals surface area contributed by atoms with Crippen molar-refractivity contribution in [3.05, 3.63) is 41.5 Å². The van der Waals surface area contributed by atoms with Gasteiger partial charge in [0.15, 0.2) is 0 Å². The topological polar surface area (TPSA) is 69.6 Å². The van der Waals surface area contributed by atoms with Crippen LogP contribution in [0.15, 0.2) is 30.4 Å². The average molecular weight is 300 g/mol. The molecule has 0 unspecified atom stereocenters. The average Bonchev–Trinajstić information content (AvgIpc) is 2.98. The fraction of sp³-hybridized carbons (Fsp3) is 0.412. The monoisotopic (exact) mass is 300 g/mol. The maximum atomic E-state index is 12.3. The summed E-state index contributed by atoms with van der Waals surface area (Å²) >= 11 is 0. The highest BCUT2D eigenvalue weighted by Crippen LogP contribution is 2.27. The van der Waals surface area contributed by atoms with Crippen LogP contribution in [-0.2, 0) is 11.2 Å². The molecule has 0 radical (unpaired) electrons. The second-order valence-corrected chi connectivity index (χ2v) is 5.94. The van der Waals surface area contributed by atoms with E-state index < -0.39 is 0 Å². The molecule has 2 atom stereocenters. The summed E-state index contributed by atoms with van der Waals surface area (Å²) in [4.78, 5) is 25.7. The Labute approximate surface area is 129 Å². The highest BCUT2D eigenvalue weighted by atomic mass is 16.3. The number of carbonyl (C=O) groups excluding carboxylic acids is 2. The van der Waals surface area contributed by atoms with Gasteiger partial charge in [0, 0.05) is 43.3 Å². The van der Waals surface area contributed by atoms with Gasteiger partial charge in [-0.2, -0.15) is 0 Å². The number of aryl methyl sites for hydroxylation is 1. The van der Waals surface area contributed by atoms with Crippen molar-refractivity contribution in [2.75, 3.05) is 18.6 Å². The zero-order chi connectivity index (χ0) is 15.7. The fourth-order valence-corrected chi connectivity index (χ4v) is 3.07. The molecule has 1 aromatic rings. The van der Waals surface area contributed by atoms with Crippen LogP contribution in [0.4, 0.5) is 5.69 Å². The number of nitrogens with zero attached hydrogens (tertiary/aromatic N) is 1. The molecule has 0 aromatic heterocycles. The van der Waals surface area contributed by atoms with Crippen LogP contribution in [-0.4, -0.2) is 36.6 Å². The number of benzene rings is 1. The Morgan fingerprint density at radius 3 is 2.91 bits per heavy atom. The number of hydrogen-bond acceptors (Lipinski definition) is 3. The lowest BCUT2D eigenvalue weighted by Gasteiger charge is -2.26. The van der Waals surface area contributed by atoms with E-state index in [0.29, 0.717) is 18.4 Å². The Morgan fingerprint density at radius 1 is 1.36 bits per heavy atom. The van der Waals surface area contributed by atoms with Crippen LogP contribution in [0.1, 0.15) is 28.8 Å². The van der Waals surface area contributed by atoms with Gasteiger partial charge in [0.25, 0.3) is 5.91 Å². The molecule has 0 fully saturated rings. The maximum Gasteiger partial charge on any atom is 0.251 e. The van der Waals surface area contributed by atoms with Crippen LogP contribution in [0.2, 0.25) is 0 Å². The van der Waals surface area contributed by atoms with Crippen LogP contribution in [0.3, 0.4) is 0 Å². The number of rotatable bonds is 3. The van der Waals surface area contributed by atoms with E-state index in [0.717, 1.165) is 17.7 Å². The second-order valence-electron chi connectivity index (χ2n) is 5.94. The van der Waals surface area contributed by atoms with Gasteiger partial charge in [-0.3, -0.25) is 9.59 Å². The van der Waals surface area contributed by atoms with E-state index in [4.69, 9.17) is 5.11 Å². The number of amides is 2. The molecular formula is C17H20N2O3. The van der Waals surface area contributed by atoms with Gasteiger partial charge in [0.1, 0.15) is 0 Å². The fourth-order valence-electron chi connectivity index (χ4n) is 3.07. The van der Waals surface area contributed by atoms with Gasteiger partial charge in [-0.1, -0.05) is 12.2 Å². The number of hydrogen-bond donors (Lipinski definition) is 2. The first-order chi connectivity index (χ1) is 10.6. The number of fused-ring (bicyclic) bond motifs is 1. The molecule has 0 saturated heterocycles. The third-order valence-corrected chi connectivity index (χ3v) is 4.41. The van der Waals surface area contributed by atoms with Crippen LogP contribution >= 0.6 is 0 Å². The minimum absolute atomic E-state index is 0.0232. The first kappa shape index (κ1) is 14.8. The molecule has 2 N–H and O–H groups in total. The molecule has 3 rings (SSSR count). The zero-order valence-corrected chi connectivity index (χ0v) is 12.6. The van der Waals surface area contributed by atoms with Crippen molar-refractivity contribution in [1.82, 2.24) is 5.32 Å². The number of aliphatic hydroxyl groups excluding tert-OH is 1. The Morgan fingerprint density at radius 2 is 2.18 bits per heavy atom. The summed E-state index contributed by atoms with van der Waals surface area (Å²) in [6.45, 7) is 0.113. The molecule has 1 aromatic carbocycles. The van der Waals surface area contributed by atoms with Gasteiger partial charge in [0.2, 0.25) is 5.91 Å². The molecule has 22 heavy (non-hydrogen) atoms. The van der Waals surface area contributed by atoms with Crippen LogP contribution < -0.4 is 10.2 Å². The summed E-state index contributed by atoms with van der Waals surface area (Å²) in [6.07, 6.45) is 5.78. The zero-order valence-electron chi connectivity index (χ0n) is 12.6. The number of aliphatic hydroxyl groups is 1. The second kappa shape index (κ2) is 5.93. The van der Waals surface area contributed by atoms with E-state index >= 15 is 0 Å². The van der Waals surface area contributed by atoms with Crippen molar-refractivity contribution >= 4 is 17.5 Å². The van der Waals surface area contributed by atoms with E-state index in [9.17, 15) is 9.59 Å². The number of anilines is 1. The summed E-state index contributed by atoms with van der Waals surface area (Å²) in [5.74, 6) is 0.125. The highest BCUT2D eigenvalue weighted by molar-refractivity contribution is 5.99. The summed E-state index contributed by atoms with van der Waals surface area (Å²) < 4.78 is 0. The number of carbonyl (C=O) groups is 2. The molecule has 0 spiro atoms. The number of nitrogens with one attached hydrogen (secondary N) is 1. The van der Waals surface area contributed by atoms with E-state index in [2.05, 4.69) is 5.32 Å². The quantitative estimate of drug-likeness (QED) is 0.826. The molecular weight excluding hydrogens is 280 g/mol. The predicted molar refractivity (Wildman–Crippen MR) is 83.8 cm³/mol. The maximum absolute atomic E-state index is 12.3. The van der Waals surface area contributed by atoms with Gasteiger partial charge in [0.05, 0.1) is 0 Å². The standard InChI is InChI=1S/C17H20N2O3/c1-19-15-6-3-13(9-12(15)4-7-16(19)21)17(22)18-14-5-2-11(8-14)10-20/h2-3,5-6,9,11,14,20H,4,7-8,10H2,1H3,(H,18,22)/t11-,14+/m0/s1. The van der Waals surface area contributed by atoms with E-state index in [1.165, 1.54) is 0 Å². The van der Waals surface area contributed by atoms with Crippen molar-refractivity contribution < 1.29 is 14.7 Å². The largest absolute Gasteiger partial charge is 0.396 e. The van der Waals surface area contributed by atoms with Crippen molar-refractivity contribution in [3.63, 3.8) is 0 Å². The van der Waals surface area contributed by atoms with Crippen LogP contribution in [0.5, 0.6) is 0 Å². The Kier molecular flexibility index (Phi) is 3.98. The van der Waals surface area contributed by atoms with Crippen LogP contribution in [0.25, 0.3) is 0 Å². The normalized spacial score (nSPS) is 23.5. The van der Waals surface area contributed by atoms with Gasteiger partial charge in [-0.05, 0) is 36.6 Å². The molecule has 5 nitrogen and oxygen atoms in total. The molecule has 0 saturated carbocycles. The molecule has 0 bridgehead atoms. The molecule has 2 aliphatic rings. The SMILES string of the molecule is CN1C(=O)CCc2cc(C(=O)N[C@@H]3C=C[C@H](CO)C3)ccc21. The summed E-state index contributed by atoms with van der Waals surface area (Å²) in [7, 11) is 1.76. The lowest BCUT2D eigenvalue weighted by atomic mass is 9.98. The molecule has 1 aliphatic heterocycles. The summed E-state index contributed by atoms with van der Waals surface area (Å²) in [6, 6.07) is 5.44. The third kappa shape index (κ3) is 2.76. The minimum atomic E-state index is -0.115. The first-order valence-corrected chi connectivity index (χ1v) is 7.58. The van der Waals surface area contributed by atoms with Gasteiger partial charge < -0.3 is 15.3 Å². The molecule has 1 heterocycles. The lowest BCUT2D eigenvalue weighted by molar-refractivity contribution is -0.118. The van der Waals surface area contributed by atoms with Crippen LogP contribution in [0, 0.1) is 5.92 Å². The minimum Gasteiger partial charge on any atom is -0.396 e. The highest BCUT2D eigenvalue weighted by Gasteiger charge is 2.23. The first-order valence-electron chi connectivity index (χ1n) is 7.58. The predicted octanol–water partition coefficient (Wildman–Crippen LogP) is 1.26. The lowest BCUT2D eigenvalue weighted by Crippen LogP contribution is -2.34. The molecule has 5 heteroatoms. The Hall–Kier alpha value is -2.14. The van der Waals surface area contributed by atoms with Gasteiger partial charge in [-0.15, -0.1) is 0 Å². The van der Waals surface area contributed by atoms with Crippen molar-refractivity contribution in [1.29, 1.82) is 0 Å². The van der Waals surface area contributed by atoms with Crippen molar-refractivity contribution in [3.8, 4) is 0 Å². The third-order valence-electron chi connectivity index (χ3n) is 4.41. The Bertz CT molecular complexity index is 639. The molecule has 2 amide bonds. The van der Waals surface area contributed by atoms with Crippen molar-refractivity contribution in [2.24, 2.45) is 5.92 Å². The Balaban J connectivity index is 1.72. The smallest absolute Gasteiger partial charge is 0.251 e. The van der Waals surface area contributed by atoms with E-state index in [-0.39, 0.29) is 30.4 Å². The summed E-state index contributed by atoms with van der Waals surface area (Å²) in [5, 5.41) is 12.1. The molecule has 1 aliphatic carbocycles. The molecule has 116 valence electrons. The van der Waals surface area contributed by atoms with Gasteiger partial charge >= 0.3 is 0 Å². The summed E-state index contributed by atoms with van der Waals surface area (Å²) in [5.41, 5.74) is 2.53.